The number of nitrogens with two attached hydrogens (primary N) is 1. The summed E-state index contributed by atoms with van der Waals surface area (Å²) >= 11 is 0. The quantitative estimate of drug-likeness (QED) is 0.750. The SMILES string of the molecule is Cc1cc2c(cc1O)C1(C)CCCCCC(C2)C1N. The Bertz CT molecular complexity index is 496. The molecule has 2 aliphatic carbocycles. The average Bonchev–Trinajstić information content (AvgIpc) is 2.37. The Kier molecular flexibility index (Phi) is 3.09. The Morgan fingerprint density at radius 3 is 2.84 bits per heavy atom. The lowest BCUT2D eigenvalue weighted by Gasteiger charge is -2.47. The predicted molar refractivity (Wildman–Crippen MR) is 78.5 cm³/mol. The normalized spacial score (nSPS) is 34.3. The lowest BCUT2D eigenvalue weighted by atomic mass is 9.60. The van der Waals surface area contributed by atoms with Gasteiger partial charge in [0.2, 0.25) is 0 Å². The van der Waals surface area contributed by atoms with Crippen molar-refractivity contribution in [1.29, 1.82) is 0 Å². The van der Waals surface area contributed by atoms with Crippen LogP contribution in [0.25, 0.3) is 0 Å². The zero-order valence-corrected chi connectivity index (χ0v) is 12.1. The fraction of sp³-hybridized carbons (Fsp3) is 0.647. The first-order chi connectivity index (χ1) is 9.02. The minimum Gasteiger partial charge on any atom is -0.508 e. The summed E-state index contributed by atoms with van der Waals surface area (Å²) in [6.07, 6.45) is 7.40. The van der Waals surface area contributed by atoms with Gasteiger partial charge in [-0.05, 0) is 54.9 Å². The summed E-state index contributed by atoms with van der Waals surface area (Å²) in [5.74, 6) is 1.04. The molecule has 3 unspecified atom stereocenters. The van der Waals surface area contributed by atoms with E-state index in [1.807, 2.05) is 13.0 Å². The smallest absolute Gasteiger partial charge is 0.118 e. The minimum absolute atomic E-state index is 0.0455. The fourth-order valence-electron chi connectivity index (χ4n) is 4.22. The first-order valence-corrected chi connectivity index (χ1v) is 7.61. The number of hydrogen-bond acceptors (Lipinski definition) is 2. The topological polar surface area (TPSA) is 46.2 Å². The van der Waals surface area contributed by atoms with Gasteiger partial charge in [0.05, 0.1) is 0 Å². The molecule has 2 heteroatoms. The number of aryl methyl sites for hydroxylation is 1. The Balaban J connectivity index is 2.14. The number of hydrogen-bond donors (Lipinski definition) is 2. The monoisotopic (exact) mass is 259 g/mol. The van der Waals surface area contributed by atoms with E-state index in [4.69, 9.17) is 5.73 Å². The van der Waals surface area contributed by atoms with Crippen LogP contribution in [0.4, 0.5) is 0 Å². The molecule has 1 saturated carbocycles. The van der Waals surface area contributed by atoms with Gasteiger partial charge < -0.3 is 10.8 Å². The van der Waals surface area contributed by atoms with E-state index in [9.17, 15) is 5.11 Å². The summed E-state index contributed by atoms with van der Waals surface area (Å²) in [5.41, 5.74) is 10.4. The van der Waals surface area contributed by atoms with Gasteiger partial charge in [0.25, 0.3) is 0 Å². The number of aromatic hydroxyl groups is 1. The zero-order valence-electron chi connectivity index (χ0n) is 12.1. The molecule has 0 aliphatic heterocycles. The molecule has 19 heavy (non-hydrogen) atoms. The van der Waals surface area contributed by atoms with E-state index >= 15 is 0 Å². The molecule has 2 bridgehead atoms. The van der Waals surface area contributed by atoms with E-state index in [1.54, 1.807) is 0 Å². The summed E-state index contributed by atoms with van der Waals surface area (Å²) in [5, 5.41) is 10.1. The highest BCUT2D eigenvalue weighted by atomic mass is 16.3. The van der Waals surface area contributed by atoms with Crippen LogP contribution < -0.4 is 5.73 Å². The van der Waals surface area contributed by atoms with Crippen LogP contribution in [0.15, 0.2) is 12.1 Å². The van der Waals surface area contributed by atoms with Gasteiger partial charge in [-0.2, -0.15) is 0 Å². The number of fused-ring (bicyclic) bond motifs is 4. The van der Waals surface area contributed by atoms with Gasteiger partial charge in [0.1, 0.15) is 5.75 Å². The van der Waals surface area contributed by atoms with E-state index < -0.39 is 0 Å². The summed E-state index contributed by atoms with van der Waals surface area (Å²) in [6.45, 7) is 4.30. The molecule has 0 amide bonds. The highest BCUT2D eigenvalue weighted by molar-refractivity contribution is 5.47. The lowest BCUT2D eigenvalue weighted by molar-refractivity contribution is 0.201. The highest BCUT2D eigenvalue weighted by Crippen LogP contribution is 2.46. The van der Waals surface area contributed by atoms with E-state index in [0.29, 0.717) is 11.7 Å². The van der Waals surface area contributed by atoms with Crippen molar-refractivity contribution >= 4 is 0 Å². The molecule has 0 aromatic heterocycles. The predicted octanol–water partition coefficient (Wildman–Crippen LogP) is 3.42. The third-order valence-electron chi connectivity index (χ3n) is 5.53. The molecule has 0 radical (unpaired) electrons. The molecule has 3 atom stereocenters. The molecule has 0 spiro atoms. The summed E-state index contributed by atoms with van der Waals surface area (Å²) < 4.78 is 0. The van der Waals surface area contributed by atoms with Gasteiger partial charge >= 0.3 is 0 Å². The Morgan fingerprint density at radius 1 is 1.26 bits per heavy atom. The van der Waals surface area contributed by atoms with Crippen LogP contribution in [-0.4, -0.2) is 11.1 Å². The minimum atomic E-state index is 0.0455. The molecule has 1 aromatic rings. The molecule has 3 rings (SSSR count). The van der Waals surface area contributed by atoms with Gasteiger partial charge in [-0.25, -0.2) is 0 Å². The van der Waals surface area contributed by atoms with Crippen molar-refractivity contribution in [3.8, 4) is 5.75 Å². The Morgan fingerprint density at radius 2 is 2.05 bits per heavy atom. The zero-order chi connectivity index (χ0) is 13.6. The summed E-state index contributed by atoms with van der Waals surface area (Å²) in [7, 11) is 0. The van der Waals surface area contributed by atoms with Crippen LogP contribution in [0.1, 0.15) is 55.7 Å². The number of rotatable bonds is 0. The van der Waals surface area contributed by atoms with E-state index in [2.05, 4.69) is 13.0 Å². The lowest BCUT2D eigenvalue weighted by Crippen LogP contribution is -2.52. The van der Waals surface area contributed by atoms with Gasteiger partial charge in [-0.3, -0.25) is 0 Å². The van der Waals surface area contributed by atoms with Crippen molar-refractivity contribution in [2.45, 2.75) is 63.8 Å². The van der Waals surface area contributed by atoms with Crippen molar-refractivity contribution in [2.24, 2.45) is 11.7 Å². The van der Waals surface area contributed by atoms with E-state index in [-0.39, 0.29) is 11.5 Å². The second-order valence-corrected chi connectivity index (χ2v) is 6.80. The van der Waals surface area contributed by atoms with Gasteiger partial charge in [-0.15, -0.1) is 0 Å². The second kappa shape index (κ2) is 4.52. The maximum atomic E-state index is 10.1. The van der Waals surface area contributed by atoms with Crippen molar-refractivity contribution in [3.63, 3.8) is 0 Å². The third-order valence-corrected chi connectivity index (χ3v) is 5.53. The first kappa shape index (κ1) is 13.0. The van der Waals surface area contributed by atoms with Crippen molar-refractivity contribution in [1.82, 2.24) is 0 Å². The Labute approximate surface area is 116 Å². The van der Waals surface area contributed by atoms with Crippen LogP contribution in [-0.2, 0) is 11.8 Å². The van der Waals surface area contributed by atoms with Crippen LogP contribution in [0, 0.1) is 12.8 Å². The number of phenolic OH excluding ortho intramolecular Hbond substituents is 1. The van der Waals surface area contributed by atoms with Crippen LogP contribution in [0.3, 0.4) is 0 Å². The highest BCUT2D eigenvalue weighted by Gasteiger charge is 2.43. The van der Waals surface area contributed by atoms with Gasteiger partial charge in [0, 0.05) is 11.5 Å². The van der Waals surface area contributed by atoms with Gasteiger partial charge in [0.15, 0.2) is 0 Å². The summed E-state index contributed by atoms with van der Waals surface area (Å²) in [4.78, 5) is 0. The van der Waals surface area contributed by atoms with E-state index in [0.717, 1.165) is 18.4 Å². The molecular weight excluding hydrogens is 234 g/mol. The average molecular weight is 259 g/mol. The molecule has 0 saturated heterocycles. The van der Waals surface area contributed by atoms with Crippen LogP contribution >= 0.6 is 0 Å². The van der Waals surface area contributed by atoms with Crippen molar-refractivity contribution in [3.05, 3.63) is 28.8 Å². The standard InChI is InChI=1S/C17H25NO/c1-11-8-13-9-12-6-4-3-5-7-17(2,16(12)18)14(13)10-15(11)19/h8,10,12,16,19H,3-7,9,18H2,1-2H3. The van der Waals surface area contributed by atoms with E-state index in [1.165, 1.54) is 36.8 Å². The molecular formula is C17H25NO. The van der Waals surface area contributed by atoms with Crippen LogP contribution in [0.2, 0.25) is 0 Å². The number of phenols is 1. The maximum Gasteiger partial charge on any atom is 0.118 e. The molecule has 1 aromatic carbocycles. The maximum absolute atomic E-state index is 10.1. The molecule has 1 fully saturated rings. The molecule has 2 nitrogen and oxygen atoms in total. The third kappa shape index (κ3) is 1.97. The Hall–Kier alpha value is -1.02. The number of benzene rings is 1. The molecule has 104 valence electrons. The van der Waals surface area contributed by atoms with Crippen molar-refractivity contribution < 1.29 is 5.11 Å². The van der Waals surface area contributed by atoms with Crippen LogP contribution in [0.5, 0.6) is 5.75 Å². The molecule has 2 aliphatic rings. The summed E-state index contributed by atoms with van der Waals surface area (Å²) in [6, 6.07) is 4.41. The molecule has 0 heterocycles. The second-order valence-electron chi connectivity index (χ2n) is 6.80. The van der Waals surface area contributed by atoms with Gasteiger partial charge in [-0.1, -0.05) is 32.3 Å². The first-order valence-electron chi connectivity index (χ1n) is 7.61. The van der Waals surface area contributed by atoms with Crippen molar-refractivity contribution in [2.75, 3.05) is 0 Å². The fourth-order valence-corrected chi connectivity index (χ4v) is 4.22. The largest absolute Gasteiger partial charge is 0.508 e. The molecule has 3 N–H and O–H groups in total.